The van der Waals surface area contributed by atoms with Crippen molar-refractivity contribution in [2.45, 2.75) is 56.7 Å². The maximum absolute atomic E-state index is 2.29. The van der Waals surface area contributed by atoms with E-state index >= 15 is 0 Å². The van der Waals surface area contributed by atoms with Gasteiger partial charge in [0.25, 0.3) is 0 Å². The van der Waals surface area contributed by atoms with Crippen LogP contribution >= 0.6 is 11.8 Å². The van der Waals surface area contributed by atoms with Crippen molar-refractivity contribution in [2.75, 3.05) is 0 Å². The second kappa shape index (κ2) is 7.23. The van der Waals surface area contributed by atoms with Gasteiger partial charge in [0.05, 0.1) is 6.54 Å². The Balaban J connectivity index is 0.00000128. The SMILES string of the molecule is CCn1cc[n+](CSC2CCCCC2)c1.[Cl-]. The summed E-state index contributed by atoms with van der Waals surface area (Å²) in [4.78, 5) is 0. The standard InChI is InChI=1S/C12H21N2S.ClH/c1-2-13-8-9-14(10-13)11-15-12-6-4-3-5-7-12;/h8-10,12H,2-7,11H2,1H3;1H/q+1;/p-1. The van der Waals surface area contributed by atoms with E-state index in [1.807, 2.05) is 0 Å². The molecule has 0 unspecified atom stereocenters. The average molecular weight is 261 g/mol. The highest BCUT2D eigenvalue weighted by Crippen LogP contribution is 2.27. The highest BCUT2D eigenvalue weighted by atomic mass is 35.5. The van der Waals surface area contributed by atoms with Crippen molar-refractivity contribution in [1.29, 1.82) is 0 Å². The topological polar surface area (TPSA) is 8.81 Å². The van der Waals surface area contributed by atoms with Crippen LogP contribution in [0.3, 0.4) is 0 Å². The van der Waals surface area contributed by atoms with Crippen LogP contribution < -0.4 is 17.0 Å². The van der Waals surface area contributed by atoms with Crippen molar-refractivity contribution in [1.82, 2.24) is 4.57 Å². The highest BCUT2D eigenvalue weighted by Gasteiger charge is 2.14. The molecule has 0 N–H and O–H groups in total. The third-order valence-corrected chi connectivity index (χ3v) is 4.51. The molecular weight excluding hydrogens is 240 g/mol. The number of halogens is 1. The van der Waals surface area contributed by atoms with Crippen LogP contribution in [0.15, 0.2) is 18.7 Å². The highest BCUT2D eigenvalue weighted by molar-refractivity contribution is 7.98. The Hall–Kier alpha value is -0.150. The van der Waals surface area contributed by atoms with Crippen LogP contribution in [-0.4, -0.2) is 9.82 Å². The minimum atomic E-state index is 0. The first-order valence-corrected chi connectivity index (χ1v) is 7.10. The average Bonchev–Trinajstić information content (AvgIpc) is 2.76. The molecule has 1 aromatic rings. The van der Waals surface area contributed by atoms with Gasteiger partial charge in [0.15, 0.2) is 0 Å². The fraction of sp³-hybridized carbons (Fsp3) is 0.750. The number of aromatic nitrogens is 2. The summed E-state index contributed by atoms with van der Waals surface area (Å²) in [5.74, 6) is 1.12. The quantitative estimate of drug-likeness (QED) is 0.683. The zero-order valence-corrected chi connectivity index (χ0v) is 11.5. The van der Waals surface area contributed by atoms with E-state index in [4.69, 9.17) is 0 Å². The van der Waals surface area contributed by atoms with Gasteiger partial charge < -0.3 is 12.4 Å². The van der Waals surface area contributed by atoms with Crippen LogP contribution in [0.25, 0.3) is 0 Å². The molecule has 16 heavy (non-hydrogen) atoms. The summed E-state index contributed by atoms with van der Waals surface area (Å²) in [6.07, 6.45) is 13.7. The molecule has 0 bridgehead atoms. The monoisotopic (exact) mass is 260 g/mol. The molecule has 1 heterocycles. The molecule has 0 radical (unpaired) electrons. The fourth-order valence-electron chi connectivity index (χ4n) is 2.13. The predicted molar refractivity (Wildman–Crippen MR) is 64.8 cm³/mol. The van der Waals surface area contributed by atoms with Crippen molar-refractivity contribution in [3.8, 4) is 0 Å². The van der Waals surface area contributed by atoms with Crippen LogP contribution in [-0.2, 0) is 12.4 Å². The minimum Gasteiger partial charge on any atom is -1.00 e. The largest absolute Gasteiger partial charge is 1.00 e. The fourth-order valence-corrected chi connectivity index (χ4v) is 3.33. The van der Waals surface area contributed by atoms with Crippen LogP contribution in [0.5, 0.6) is 0 Å². The molecule has 0 aliphatic heterocycles. The second-order valence-corrected chi connectivity index (χ2v) is 5.57. The minimum absolute atomic E-state index is 0. The van der Waals surface area contributed by atoms with E-state index in [1.165, 1.54) is 32.1 Å². The molecule has 2 nitrogen and oxygen atoms in total. The smallest absolute Gasteiger partial charge is 0.244 e. The van der Waals surface area contributed by atoms with Crippen molar-refractivity contribution < 1.29 is 17.0 Å². The molecule has 92 valence electrons. The molecule has 0 amide bonds. The van der Waals surface area contributed by atoms with Gasteiger partial charge in [0, 0.05) is 5.25 Å². The van der Waals surface area contributed by atoms with Gasteiger partial charge in [-0.1, -0.05) is 19.3 Å². The zero-order chi connectivity index (χ0) is 10.5. The molecule has 0 atom stereocenters. The lowest BCUT2D eigenvalue weighted by molar-refractivity contribution is -0.675. The lowest BCUT2D eigenvalue weighted by Crippen LogP contribution is -3.00. The van der Waals surface area contributed by atoms with Crippen LogP contribution in [0.4, 0.5) is 0 Å². The van der Waals surface area contributed by atoms with Gasteiger partial charge in [-0.25, -0.2) is 9.13 Å². The Bertz CT molecular complexity index is 295. The molecule has 0 saturated heterocycles. The third kappa shape index (κ3) is 4.02. The van der Waals surface area contributed by atoms with E-state index in [-0.39, 0.29) is 12.4 Å². The summed E-state index contributed by atoms with van der Waals surface area (Å²) < 4.78 is 4.52. The van der Waals surface area contributed by atoms with E-state index in [1.54, 1.807) is 0 Å². The van der Waals surface area contributed by atoms with Crippen molar-refractivity contribution in [3.05, 3.63) is 18.7 Å². The number of rotatable bonds is 4. The van der Waals surface area contributed by atoms with Gasteiger partial charge in [-0.2, -0.15) is 0 Å². The molecule has 1 fully saturated rings. The normalized spacial score (nSPS) is 17.1. The Morgan fingerprint density at radius 2 is 2.06 bits per heavy atom. The predicted octanol–water partition coefficient (Wildman–Crippen LogP) is -0.177. The van der Waals surface area contributed by atoms with Crippen LogP contribution in [0.2, 0.25) is 0 Å². The van der Waals surface area contributed by atoms with Crippen LogP contribution in [0, 0.1) is 0 Å². The molecule has 1 aromatic heterocycles. The van der Waals surface area contributed by atoms with Gasteiger partial charge in [-0.05, 0) is 19.8 Å². The molecule has 0 spiro atoms. The first-order valence-electron chi connectivity index (χ1n) is 6.05. The lowest BCUT2D eigenvalue weighted by atomic mass is 10.0. The van der Waals surface area contributed by atoms with E-state index in [2.05, 4.69) is 46.5 Å². The first kappa shape index (κ1) is 13.9. The molecular formula is C12H21ClN2S. The van der Waals surface area contributed by atoms with E-state index in [9.17, 15) is 0 Å². The molecule has 1 aliphatic rings. The summed E-state index contributed by atoms with van der Waals surface area (Å²) >= 11 is 2.12. The molecule has 1 aliphatic carbocycles. The number of thioether (sulfide) groups is 1. The Labute approximate surface area is 109 Å². The van der Waals surface area contributed by atoms with Crippen molar-refractivity contribution in [2.24, 2.45) is 0 Å². The molecule has 2 rings (SSSR count). The summed E-state index contributed by atoms with van der Waals surface area (Å²) in [5, 5.41) is 0.913. The van der Waals surface area contributed by atoms with E-state index < -0.39 is 0 Å². The zero-order valence-electron chi connectivity index (χ0n) is 9.94. The number of hydrogen-bond donors (Lipinski definition) is 0. The van der Waals surface area contributed by atoms with Crippen LogP contribution in [0.1, 0.15) is 39.0 Å². The van der Waals surface area contributed by atoms with Crippen molar-refractivity contribution >= 4 is 11.8 Å². The number of aryl methyl sites for hydroxylation is 1. The lowest BCUT2D eigenvalue weighted by Gasteiger charge is -2.19. The summed E-state index contributed by atoms with van der Waals surface area (Å²) in [7, 11) is 0. The second-order valence-electron chi connectivity index (χ2n) is 4.31. The first-order chi connectivity index (χ1) is 7.38. The number of nitrogens with zero attached hydrogens (tertiary/aromatic N) is 2. The number of hydrogen-bond acceptors (Lipinski definition) is 1. The third-order valence-electron chi connectivity index (χ3n) is 3.12. The Morgan fingerprint density at radius 1 is 1.31 bits per heavy atom. The van der Waals surface area contributed by atoms with Gasteiger partial charge in [-0.15, -0.1) is 11.8 Å². The van der Waals surface area contributed by atoms with Gasteiger partial charge in [-0.3, -0.25) is 0 Å². The summed E-state index contributed by atoms with van der Waals surface area (Å²) in [6, 6.07) is 0. The Morgan fingerprint density at radius 3 is 2.69 bits per heavy atom. The summed E-state index contributed by atoms with van der Waals surface area (Å²) in [5.41, 5.74) is 0. The number of imidazole rings is 1. The van der Waals surface area contributed by atoms with E-state index in [0.29, 0.717) is 0 Å². The maximum Gasteiger partial charge on any atom is 0.244 e. The van der Waals surface area contributed by atoms with Crippen molar-refractivity contribution in [3.63, 3.8) is 0 Å². The van der Waals surface area contributed by atoms with Gasteiger partial charge >= 0.3 is 0 Å². The summed E-state index contributed by atoms with van der Waals surface area (Å²) in [6.45, 7) is 3.25. The van der Waals surface area contributed by atoms with E-state index in [0.717, 1.165) is 17.7 Å². The molecule has 0 aromatic carbocycles. The molecule has 4 heteroatoms. The van der Waals surface area contributed by atoms with Gasteiger partial charge in [0.2, 0.25) is 6.33 Å². The Kier molecular flexibility index (Phi) is 6.29. The maximum atomic E-state index is 2.29. The van der Waals surface area contributed by atoms with Gasteiger partial charge in [0.1, 0.15) is 18.3 Å². The molecule has 1 saturated carbocycles.